The van der Waals surface area contributed by atoms with Gasteiger partial charge in [-0.1, -0.05) is 6.07 Å². The van der Waals surface area contributed by atoms with E-state index in [4.69, 9.17) is 4.74 Å². The molecule has 3 nitrogen and oxygen atoms in total. The molecule has 16 heavy (non-hydrogen) atoms. The first kappa shape index (κ1) is 11.4. The lowest BCUT2D eigenvalue weighted by molar-refractivity contribution is 0.124. The van der Waals surface area contributed by atoms with Gasteiger partial charge in [-0.15, -0.1) is 0 Å². The Morgan fingerprint density at radius 2 is 2.12 bits per heavy atom. The Labute approximate surface area is 97.2 Å². The first-order valence-electron chi connectivity index (χ1n) is 5.90. The topological polar surface area (TPSA) is 34.1 Å². The van der Waals surface area contributed by atoms with E-state index in [1.807, 2.05) is 33.0 Å². The zero-order valence-corrected chi connectivity index (χ0v) is 10.3. The zero-order valence-electron chi connectivity index (χ0n) is 10.3. The number of hydrogen-bond acceptors (Lipinski definition) is 3. The van der Waals surface area contributed by atoms with E-state index in [0.717, 1.165) is 12.6 Å². The Morgan fingerprint density at radius 3 is 2.62 bits per heavy atom. The van der Waals surface area contributed by atoms with E-state index in [-0.39, 0.29) is 5.60 Å². The van der Waals surface area contributed by atoms with Crippen LogP contribution in [-0.2, 0) is 6.54 Å². The van der Waals surface area contributed by atoms with Gasteiger partial charge < -0.3 is 10.1 Å². The van der Waals surface area contributed by atoms with E-state index in [0.29, 0.717) is 5.88 Å². The van der Waals surface area contributed by atoms with Crippen molar-refractivity contribution in [2.45, 2.75) is 51.8 Å². The van der Waals surface area contributed by atoms with Gasteiger partial charge in [0.05, 0.1) is 0 Å². The second-order valence-electron chi connectivity index (χ2n) is 5.37. The van der Waals surface area contributed by atoms with Gasteiger partial charge in [-0.3, -0.25) is 0 Å². The summed E-state index contributed by atoms with van der Waals surface area (Å²) < 4.78 is 5.66. The van der Waals surface area contributed by atoms with Crippen molar-refractivity contribution in [1.29, 1.82) is 0 Å². The second-order valence-corrected chi connectivity index (χ2v) is 5.37. The maximum absolute atomic E-state index is 5.66. The summed E-state index contributed by atoms with van der Waals surface area (Å²) in [6, 6.07) is 4.75. The molecule has 1 aliphatic carbocycles. The van der Waals surface area contributed by atoms with Gasteiger partial charge in [-0.05, 0) is 39.2 Å². The van der Waals surface area contributed by atoms with Crippen LogP contribution < -0.4 is 10.1 Å². The highest BCUT2D eigenvalue weighted by molar-refractivity contribution is 5.18. The summed E-state index contributed by atoms with van der Waals surface area (Å²) in [7, 11) is 0. The number of nitrogens with zero attached hydrogens (tertiary/aromatic N) is 1. The molecule has 1 saturated carbocycles. The van der Waals surface area contributed by atoms with Crippen molar-refractivity contribution in [2.24, 2.45) is 0 Å². The highest BCUT2D eigenvalue weighted by atomic mass is 16.5. The molecule has 0 radical (unpaired) electrons. The van der Waals surface area contributed by atoms with Gasteiger partial charge >= 0.3 is 0 Å². The third-order valence-corrected chi connectivity index (χ3v) is 2.38. The molecule has 0 spiro atoms. The molecule has 0 amide bonds. The van der Waals surface area contributed by atoms with Crippen LogP contribution in [0.5, 0.6) is 5.88 Å². The summed E-state index contributed by atoms with van der Waals surface area (Å²) in [4.78, 5) is 4.30. The molecule has 3 heteroatoms. The standard InChI is InChI=1S/C13H20N2O/c1-13(2,3)16-12-7-4-10(9-15-12)8-14-11-5-6-11/h4,7,9,11,14H,5-6,8H2,1-3H3. The number of aromatic nitrogens is 1. The summed E-state index contributed by atoms with van der Waals surface area (Å²) >= 11 is 0. The molecule has 1 fully saturated rings. The molecule has 0 bridgehead atoms. The Kier molecular flexibility index (Phi) is 3.15. The molecule has 0 aliphatic heterocycles. The van der Waals surface area contributed by atoms with E-state index in [2.05, 4.69) is 16.4 Å². The van der Waals surface area contributed by atoms with Gasteiger partial charge in [0.25, 0.3) is 0 Å². The fourth-order valence-electron chi connectivity index (χ4n) is 1.44. The molecule has 1 aromatic rings. The second kappa shape index (κ2) is 4.42. The zero-order chi connectivity index (χ0) is 11.6. The lowest BCUT2D eigenvalue weighted by Crippen LogP contribution is -2.23. The largest absolute Gasteiger partial charge is 0.472 e. The first-order valence-corrected chi connectivity index (χ1v) is 5.90. The third kappa shape index (κ3) is 3.81. The molecule has 1 N–H and O–H groups in total. The molecule has 0 atom stereocenters. The third-order valence-electron chi connectivity index (χ3n) is 2.38. The van der Waals surface area contributed by atoms with Crippen molar-refractivity contribution >= 4 is 0 Å². The monoisotopic (exact) mass is 220 g/mol. The van der Waals surface area contributed by atoms with Gasteiger partial charge in [0.2, 0.25) is 5.88 Å². The van der Waals surface area contributed by atoms with Crippen LogP contribution in [0.1, 0.15) is 39.2 Å². The number of nitrogens with one attached hydrogen (secondary N) is 1. The molecule has 1 aromatic heterocycles. The lowest BCUT2D eigenvalue weighted by atomic mass is 10.2. The minimum absolute atomic E-state index is 0.180. The number of hydrogen-bond donors (Lipinski definition) is 1. The van der Waals surface area contributed by atoms with Gasteiger partial charge in [-0.25, -0.2) is 4.98 Å². The summed E-state index contributed by atoms with van der Waals surface area (Å²) in [5, 5.41) is 3.46. The molecule has 1 aliphatic rings. The number of rotatable bonds is 4. The molecule has 0 aromatic carbocycles. The Balaban J connectivity index is 1.87. The molecule has 2 rings (SSSR count). The Hall–Kier alpha value is -1.09. The summed E-state index contributed by atoms with van der Waals surface area (Å²) in [5.41, 5.74) is 1.04. The molecular weight excluding hydrogens is 200 g/mol. The van der Waals surface area contributed by atoms with Crippen LogP contribution in [0, 0.1) is 0 Å². The van der Waals surface area contributed by atoms with Crippen LogP contribution in [0.15, 0.2) is 18.3 Å². The fraction of sp³-hybridized carbons (Fsp3) is 0.615. The summed E-state index contributed by atoms with van der Waals surface area (Å²) in [5.74, 6) is 0.697. The minimum atomic E-state index is -0.180. The van der Waals surface area contributed by atoms with Gasteiger partial charge in [0.15, 0.2) is 0 Å². The van der Waals surface area contributed by atoms with E-state index in [9.17, 15) is 0 Å². The van der Waals surface area contributed by atoms with Crippen molar-refractivity contribution in [2.75, 3.05) is 0 Å². The predicted octanol–water partition coefficient (Wildman–Crippen LogP) is 2.51. The SMILES string of the molecule is CC(C)(C)Oc1ccc(CNC2CC2)cn1. The normalized spacial score (nSPS) is 16.2. The van der Waals surface area contributed by atoms with E-state index in [1.165, 1.54) is 18.4 Å². The molecule has 88 valence electrons. The maximum atomic E-state index is 5.66. The first-order chi connectivity index (χ1) is 7.53. The maximum Gasteiger partial charge on any atom is 0.213 e. The van der Waals surface area contributed by atoms with E-state index < -0.39 is 0 Å². The highest BCUT2D eigenvalue weighted by Gasteiger charge is 2.20. The molecule has 0 saturated heterocycles. The van der Waals surface area contributed by atoms with E-state index in [1.54, 1.807) is 0 Å². The molecular formula is C13H20N2O. The number of ether oxygens (including phenoxy) is 1. The fourth-order valence-corrected chi connectivity index (χ4v) is 1.44. The summed E-state index contributed by atoms with van der Waals surface area (Å²) in [6.07, 6.45) is 4.52. The van der Waals surface area contributed by atoms with Crippen molar-refractivity contribution < 1.29 is 4.74 Å². The van der Waals surface area contributed by atoms with Crippen LogP contribution in [0.25, 0.3) is 0 Å². The van der Waals surface area contributed by atoms with Crippen LogP contribution in [0.4, 0.5) is 0 Å². The number of pyridine rings is 1. The van der Waals surface area contributed by atoms with E-state index >= 15 is 0 Å². The quantitative estimate of drug-likeness (QED) is 0.846. The van der Waals surface area contributed by atoms with Crippen LogP contribution in [0.3, 0.4) is 0 Å². The van der Waals surface area contributed by atoms with Crippen molar-refractivity contribution in [3.63, 3.8) is 0 Å². The van der Waals surface area contributed by atoms with Gasteiger partial charge in [0.1, 0.15) is 5.60 Å². The van der Waals surface area contributed by atoms with Gasteiger partial charge in [-0.2, -0.15) is 0 Å². The Morgan fingerprint density at radius 1 is 1.38 bits per heavy atom. The molecule has 0 unspecified atom stereocenters. The van der Waals surface area contributed by atoms with Gasteiger partial charge in [0, 0.05) is 24.8 Å². The predicted molar refractivity (Wildman–Crippen MR) is 64.5 cm³/mol. The van der Waals surface area contributed by atoms with Crippen LogP contribution in [0.2, 0.25) is 0 Å². The van der Waals surface area contributed by atoms with Crippen LogP contribution in [-0.4, -0.2) is 16.6 Å². The molecule has 1 heterocycles. The lowest BCUT2D eigenvalue weighted by Gasteiger charge is -2.20. The Bertz CT molecular complexity index is 336. The van der Waals surface area contributed by atoms with Crippen molar-refractivity contribution in [3.05, 3.63) is 23.9 Å². The summed E-state index contributed by atoms with van der Waals surface area (Å²) in [6.45, 7) is 6.99. The minimum Gasteiger partial charge on any atom is -0.472 e. The highest BCUT2D eigenvalue weighted by Crippen LogP contribution is 2.20. The van der Waals surface area contributed by atoms with Crippen molar-refractivity contribution in [1.82, 2.24) is 10.3 Å². The van der Waals surface area contributed by atoms with Crippen LogP contribution >= 0.6 is 0 Å². The average molecular weight is 220 g/mol. The smallest absolute Gasteiger partial charge is 0.213 e. The van der Waals surface area contributed by atoms with Crippen molar-refractivity contribution in [3.8, 4) is 5.88 Å². The average Bonchev–Trinajstić information content (AvgIpc) is 2.98.